The number of aromatic nitrogens is 2. The van der Waals surface area contributed by atoms with Gasteiger partial charge >= 0.3 is 0 Å². The first-order valence-electron chi connectivity index (χ1n) is 5.83. The third-order valence-corrected chi connectivity index (χ3v) is 3.50. The Hall–Kier alpha value is -1.17. The summed E-state index contributed by atoms with van der Waals surface area (Å²) < 4.78 is 2.19. The highest BCUT2D eigenvalue weighted by Gasteiger charge is 2.13. The van der Waals surface area contributed by atoms with Gasteiger partial charge in [0.15, 0.2) is 0 Å². The lowest BCUT2D eigenvalue weighted by Crippen LogP contribution is -2.30. The smallest absolute Gasteiger partial charge is 0.110 e. The number of imidazole rings is 1. The molecule has 0 bridgehead atoms. The summed E-state index contributed by atoms with van der Waals surface area (Å²) in [5.74, 6) is 6.71. The van der Waals surface area contributed by atoms with Gasteiger partial charge in [-0.25, -0.2) is 4.98 Å². The van der Waals surface area contributed by atoms with Crippen LogP contribution in [0, 0.1) is 0 Å². The molecule has 17 heavy (non-hydrogen) atoms. The number of hydrogen-bond donors (Lipinski definition) is 2. The molecule has 1 unspecified atom stereocenters. The maximum absolute atomic E-state index is 5.62. The van der Waals surface area contributed by atoms with Crippen LogP contribution >= 0.6 is 11.3 Å². The van der Waals surface area contributed by atoms with Gasteiger partial charge in [0.25, 0.3) is 0 Å². The molecule has 92 valence electrons. The van der Waals surface area contributed by atoms with Crippen LogP contribution in [0.1, 0.15) is 30.8 Å². The van der Waals surface area contributed by atoms with E-state index in [1.54, 1.807) is 11.3 Å². The van der Waals surface area contributed by atoms with E-state index < -0.39 is 0 Å². The van der Waals surface area contributed by atoms with Gasteiger partial charge in [0, 0.05) is 25.4 Å². The van der Waals surface area contributed by atoms with E-state index in [9.17, 15) is 0 Å². The molecule has 2 rings (SSSR count). The Labute approximate surface area is 105 Å². The molecule has 0 saturated carbocycles. The van der Waals surface area contributed by atoms with Crippen molar-refractivity contribution < 1.29 is 0 Å². The number of nitrogens with two attached hydrogens (primary N) is 1. The molecule has 0 radical (unpaired) electrons. The minimum atomic E-state index is 0.138. The van der Waals surface area contributed by atoms with Crippen molar-refractivity contribution in [3.8, 4) is 0 Å². The number of hydrogen-bond acceptors (Lipinski definition) is 4. The van der Waals surface area contributed by atoms with E-state index in [4.69, 9.17) is 5.84 Å². The van der Waals surface area contributed by atoms with Crippen molar-refractivity contribution in [2.75, 3.05) is 0 Å². The van der Waals surface area contributed by atoms with Crippen molar-refractivity contribution in [3.05, 3.63) is 40.6 Å². The van der Waals surface area contributed by atoms with Crippen molar-refractivity contribution in [2.45, 2.75) is 32.4 Å². The molecule has 1 atom stereocenters. The predicted octanol–water partition coefficient (Wildman–Crippen LogP) is 2.10. The second-order valence-corrected chi connectivity index (χ2v) is 4.80. The summed E-state index contributed by atoms with van der Waals surface area (Å²) in [6.07, 6.45) is 5.81. The second-order valence-electron chi connectivity index (χ2n) is 4.02. The Kier molecular flexibility index (Phi) is 4.30. The molecular formula is C12H18N4S. The van der Waals surface area contributed by atoms with Crippen molar-refractivity contribution in [1.29, 1.82) is 0 Å². The summed E-state index contributed by atoms with van der Waals surface area (Å²) in [4.78, 5) is 4.40. The zero-order valence-corrected chi connectivity index (χ0v) is 10.8. The molecule has 2 aromatic heterocycles. The molecule has 0 fully saturated rings. The van der Waals surface area contributed by atoms with E-state index in [-0.39, 0.29) is 6.04 Å². The molecule has 0 aliphatic rings. The van der Waals surface area contributed by atoms with Crippen LogP contribution in [0.15, 0.2) is 29.2 Å². The Morgan fingerprint density at radius 3 is 3.12 bits per heavy atom. The molecule has 0 aliphatic heterocycles. The summed E-state index contributed by atoms with van der Waals surface area (Å²) >= 11 is 1.69. The average Bonchev–Trinajstić information content (AvgIpc) is 2.97. The molecule has 3 N–H and O–H groups in total. The van der Waals surface area contributed by atoms with Crippen molar-refractivity contribution in [3.63, 3.8) is 0 Å². The first kappa shape index (κ1) is 12.3. The highest BCUT2D eigenvalue weighted by atomic mass is 32.1. The van der Waals surface area contributed by atoms with E-state index >= 15 is 0 Å². The maximum Gasteiger partial charge on any atom is 0.110 e. The van der Waals surface area contributed by atoms with Crippen LogP contribution < -0.4 is 11.3 Å². The summed E-state index contributed by atoms with van der Waals surface area (Å²) in [6.45, 7) is 3.18. The third-order valence-electron chi connectivity index (χ3n) is 2.80. The lowest BCUT2D eigenvalue weighted by atomic mass is 10.1. The fourth-order valence-corrected chi connectivity index (χ4v) is 2.62. The van der Waals surface area contributed by atoms with Crippen LogP contribution in [0.25, 0.3) is 0 Å². The van der Waals surface area contributed by atoms with E-state index in [1.165, 1.54) is 5.56 Å². The molecule has 0 saturated heterocycles. The van der Waals surface area contributed by atoms with Gasteiger partial charge in [0.1, 0.15) is 5.82 Å². The number of thiophene rings is 1. The quantitative estimate of drug-likeness (QED) is 0.610. The van der Waals surface area contributed by atoms with Crippen LogP contribution in [-0.4, -0.2) is 9.55 Å². The van der Waals surface area contributed by atoms with Crippen LogP contribution in [0.5, 0.6) is 0 Å². The van der Waals surface area contributed by atoms with E-state index in [1.807, 2.05) is 12.4 Å². The first-order chi connectivity index (χ1) is 8.35. The number of nitrogens with zero attached hydrogens (tertiary/aromatic N) is 2. The molecule has 5 heteroatoms. The highest BCUT2D eigenvalue weighted by Crippen LogP contribution is 2.19. The van der Waals surface area contributed by atoms with Gasteiger partial charge in [-0.2, -0.15) is 11.3 Å². The second kappa shape index (κ2) is 5.95. The predicted molar refractivity (Wildman–Crippen MR) is 70.6 cm³/mol. The topological polar surface area (TPSA) is 55.9 Å². The van der Waals surface area contributed by atoms with Gasteiger partial charge in [-0.3, -0.25) is 11.3 Å². The van der Waals surface area contributed by atoms with Gasteiger partial charge in [-0.15, -0.1) is 0 Å². The Bertz CT molecular complexity index is 435. The summed E-state index contributed by atoms with van der Waals surface area (Å²) in [5.41, 5.74) is 4.09. The highest BCUT2D eigenvalue weighted by molar-refractivity contribution is 7.07. The van der Waals surface area contributed by atoms with Crippen LogP contribution in [0.2, 0.25) is 0 Å². The fourth-order valence-electron chi connectivity index (χ4n) is 1.90. The number of aryl methyl sites for hydroxylation is 1. The fraction of sp³-hybridized carbons (Fsp3) is 0.417. The summed E-state index contributed by atoms with van der Waals surface area (Å²) in [5, 5.41) is 4.19. The average molecular weight is 250 g/mol. The normalized spacial score (nSPS) is 12.8. The lowest BCUT2D eigenvalue weighted by Gasteiger charge is -2.15. The minimum absolute atomic E-state index is 0.138. The Morgan fingerprint density at radius 2 is 2.47 bits per heavy atom. The number of rotatable bonds is 6. The molecule has 4 nitrogen and oxygen atoms in total. The van der Waals surface area contributed by atoms with Gasteiger partial charge in [-0.1, -0.05) is 6.92 Å². The van der Waals surface area contributed by atoms with Crippen LogP contribution in [0.3, 0.4) is 0 Å². The third kappa shape index (κ3) is 2.94. The summed E-state index contributed by atoms with van der Waals surface area (Å²) in [7, 11) is 0. The van der Waals surface area contributed by atoms with Gasteiger partial charge < -0.3 is 4.57 Å². The zero-order valence-electron chi connectivity index (χ0n) is 9.97. The zero-order chi connectivity index (χ0) is 12.1. The van der Waals surface area contributed by atoms with Crippen LogP contribution in [0.4, 0.5) is 0 Å². The molecule has 0 spiro atoms. The minimum Gasteiger partial charge on any atom is -0.335 e. The van der Waals surface area contributed by atoms with Crippen molar-refractivity contribution >= 4 is 11.3 Å². The standard InChI is InChI=1S/C12H18N4S/c1-2-5-16-6-4-14-12(16)8-11(15-13)10-3-7-17-9-10/h3-4,6-7,9,11,15H,2,5,8,13H2,1H3. The Morgan fingerprint density at radius 1 is 1.59 bits per heavy atom. The van der Waals surface area contributed by atoms with E-state index in [0.29, 0.717) is 0 Å². The molecule has 2 heterocycles. The number of hydrazine groups is 1. The van der Waals surface area contributed by atoms with Crippen molar-refractivity contribution in [1.82, 2.24) is 15.0 Å². The Balaban J connectivity index is 2.10. The van der Waals surface area contributed by atoms with Gasteiger partial charge in [-0.05, 0) is 28.8 Å². The lowest BCUT2D eigenvalue weighted by molar-refractivity contribution is 0.518. The van der Waals surface area contributed by atoms with Gasteiger partial charge in [0.2, 0.25) is 0 Å². The van der Waals surface area contributed by atoms with Crippen molar-refractivity contribution in [2.24, 2.45) is 5.84 Å². The molecular weight excluding hydrogens is 232 g/mol. The van der Waals surface area contributed by atoms with Gasteiger partial charge in [0.05, 0.1) is 6.04 Å². The van der Waals surface area contributed by atoms with E-state index in [2.05, 4.69) is 38.7 Å². The monoisotopic (exact) mass is 250 g/mol. The molecule has 0 amide bonds. The first-order valence-corrected chi connectivity index (χ1v) is 6.77. The summed E-state index contributed by atoms with van der Waals surface area (Å²) in [6, 6.07) is 2.24. The van der Waals surface area contributed by atoms with E-state index in [0.717, 1.165) is 25.2 Å². The molecule has 0 aromatic carbocycles. The SMILES string of the molecule is CCCn1ccnc1CC(NN)c1ccsc1. The molecule has 2 aromatic rings. The number of nitrogens with one attached hydrogen (secondary N) is 1. The van der Waals surface area contributed by atoms with Crippen LogP contribution in [-0.2, 0) is 13.0 Å². The largest absolute Gasteiger partial charge is 0.335 e. The molecule has 0 aliphatic carbocycles. The maximum atomic E-state index is 5.62.